The summed E-state index contributed by atoms with van der Waals surface area (Å²) in [5.74, 6) is 0.314. The van der Waals surface area contributed by atoms with Crippen LogP contribution in [-0.4, -0.2) is 78.1 Å². The van der Waals surface area contributed by atoms with Crippen LogP contribution in [0.25, 0.3) is 0 Å². The van der Waals surface area contributed by atoms with Gasteiger partial charge in [-0.15, -0.1) is 0 Å². The van der Waals surface area contributed by atoms with E-state index in [-0.39, 0.29) is 12.3 Å². The van der Waals surface area contributed by atoms with E-state index >= 15 is 0 Å². The largest absolute Gasteiger partial charge is 0.390 e. The zero-order valence-corrected chi connectivity index (χ0v) is 18.9. The lowest BCUT2D eigenvalue weighted by molar-refractivity contribution is -0.00289. The molecule has 1 atom stereocenters. The summed E-state index contributed by atoms with van der Waals surface area (Å²) < 4.78 is 28.8. The van der Waals surface area contributed by atoms with Crippen molar-refractivity contribution < 1.29 is 13.5 Å². The van der Waals surface area contributed by atoms with Crippen LogP contribution >= 0.6 is 0 Å². The number of fused-ring (bicyclic) bond motifs is 1. The number of anilines is 2. The number of likely N-dealkylation sites (tertiary alicyclic amines) is 1. The fourth-order valence-electron chi connectivity index (χ4n) is 4.39. The molecule has 0 spiro atoms. The highest BCUT2D eigenvalue weighted by Crippen LogP contribution is 2.31. The monoisotopic (exact) mass is 457 g/mol. The Kier molecular flexibility index (Phi) is 5.19. The number of nitrogens with zero attached hydrogens (tertiary/aromatic N) is 6. The number of rotatable bonds is 5. The Labute approximate surface area is 187 Å². The normalized spacial score (nSPS) is 21.2. The molecule has 1 saturated heterocycles. The van der Waals surface area contributed by atoms with E-state index in [0.717, 1.165) is 36.3 Å². The van der Waals surface area contributed by atoms with Gasteiger partial charge in [-0.3, -0.25) is 4.90 Å². The highest BCUT2D eigenvalue weighted by molar-refractivity contribution is 7.92. The number of likely N-dealkylation sites (N-methyl/N-ethyl adjacent to an activating group) is 1. The van der Waals surface area contributed by atoms with Crippen LogP contribution in [-0.2, 0) is 23.0 Å². The van der Waals surface area contributed by atoms with Crippen molar-refractivity contribution in [1.29, 1.82) is 0 Å². The van der Waals surface area contributed by atoms with E-state index in [1.807, 2.05) is 31.5 Å². The maximum atomic E-state index is 12.8. The Morgan fingerprint density at radius 3 is 2.88 bits per heavy atom. The minimum Gasteiger partial charge on any atom is -0.390 e. The van der Waals surface area contributed by atoms with E-state index in [1.54, 1.807) is 28.0 Å². The summed E-state index contributed by atoms with van der Waals surface area (Å²) in [6.45, 7) is 2.91. The molecule has 1 fully saturated rings. The van der Waals surface area contributed by atoms with E-state index < -0.39 is 10.0 Å². The first-order valence-corrected chi connectivity index (χ1v) is 12.4. The Morgan fingerprint density at radius 2 is 2.12 bits per heavy atom. The summed E-state index contributed by atoms with van der Waals surface area (Å²) in [5.41, 5.74) is 3.73. The number of aliphatic imine (C=N–C) groups is 1. The van der Waals surface area contributed by atoms with Crippen molar-refractivity contribution in [3.8, 4) is 0 Å². The van der Waals surface area contributed by atoms with Crippen LogP contribution in [0.2, 0.25) is 0 Å². The first-order chi connectivity index (χ1) is 15.3. The molecule has 5 rings (SSSR count). The van der Waals surface area contributed by atoms with Crippen LogP contribution < -0.4 is 9.62 Å². The zero-order valence-electron chi connectivity index (χ0n) is 18.1. The minimum absolute atomic E-state index is 0.242. The molecule has 10 nitrogen and oxygen atoms in total. The third-order valence-corrected chi connectivity index (χ3v) is 7.01. The zero-order chi connectivity index (χ0) is 22.5. The van der Waals surface area contributed by atoms with Gasteiger partial charge < -0.3 is 15.3 Å². The molecular weight excluding hydrogens is 430 g/mol. The fraction of sp³-hybridized carbons (Fsp3) is 0.429. The molecule has 0 amide bonds. The van der Waals surface area contributed by atoms with Crippen LogP contribution in [0.1, 0.15) is 17.3 Å². The van der Waals surface area contributed by atoms with Gasteiger partial charge in [-0.25, -0.2) is 22.4 Å². The molecule has 1 aromatic heterocycles. The first-order valence-electron chi connectivity index (χ1n) is 10.6. The predicted molar refractivity (Wildman–Crippen MR) is 123 cm³/mol. The number of hydrogen-bond acceptors (Lipinski definition) is 8. The number of hydrogen-bond donors (Lipinski definition) is 2. The molecule has 3 aliphatic rings. The van der Waals surface area contributed by atoms with Gasteiger partial charge in [-0.05, 0) is 36.3 Å². The van der Waals surface area contributed by atoms with E-state index in [4.69, 9.17) is 0 Å². The summed E-state index contributed by atoms with van der Waals surface area (Å²) in [4.78, 5) is 8.37. The van der Waals surface area contributed by atoms with E-state index in [9.17, 15) is 13.5 Å². The molecule has 3 aliphatic heterocycles. The van der Waals surface area contributed by atoms with E-state index in [0.29, 0.717) is 24.7 Å². The van der Waals surface area contributed by atoms with Crippen LogP contribution in [0.15, 0.2) is 47.9 Å². The molecule has 1 aromatic carbocycles. The van der Waals surface area contributed by atoms with Crippen molar-refractivity contribution in [2.45, 2.75) is 25.2 Å². The van der Waals surface area contributed by atoms with Gasteiger partial charge in [0.1, 0.15) is 6.17 Å². The van der Waals surface area contributed by atoms with Gasteiger partial charge in [0.25, 0.3) is 0 Å². The number of aromatic nitrogens is 2. The summed E-state index contributed by atoms with van der Waals surface area (Å²) in [5, 5.41) is 17.3. The van der Waals surface area contributed by atoms with Gasteiger partial charge in [0, 0.05) is 56.9 Å². The molecule has 32 heavy (non-hydrogen) atoms. The number of nitrogens with one attached hydrogen (secondary N) is 1. The second-order valence-electron chi connectivity index (χ2n) is 8.52. The maximum absolute atomic E-state index is 12.8. The van der Waals surface area contributed by atoms with Crippen LogP contribution in [0.5, 0.6) is 0 Å². The van der Waals surface area contributed by atoms with Gasteiger partial charge in [0.05, 0.1) is 24.2 Å². The lowest BCUT2D eigenvalue weighted by atomic mass is 10.1. The average Bonchev–Trinajstić information content (AvgIpc) is 3.36. The minimum atomic E-state index is -3.64. The highest BCUT2D eigenvalue weighted by Gasteiger charge is 2.32. The highest BCUT2D eigenvalue weighted by atomic mass is 32.2. The number of aliphatic hydroxyl groups excluding tert-OH is 1. The Balaban J connectivity index is 1.41. The fourth-order valence-corrected chi connectivity index (χ4v) is 5.36. The topological polar surface area (TPSA) is 106 Å². The predicted octanol–water partition coefficient (Wildman–Crippen LogP) is 0.807. The van der Waals surface area contributed by atoms with Crippen molar-refractivity contribution in [3.05, 3.63) is 54.0 Å². The molecule has 0 saturated carbocycles. The molecule has 2 aromatic rings. The van der Waals surface area contributed by atoms with E-state index in [1.165, 1.54) is 10.6 Å². The Bertz CT molecular complexity index is 1180. The van der Waals surface area contributed by atoms with Crippen molar-refractivity contribution in [2.24, 2.45) is 4.99 Å². The quantitative estimate of drug-likeness (QED) is 0.684. The smallest absolute Gasteiger partial charge is 0.238 e. The van der Waals surface area contributed by atoms with Gasteiger partial charge in [-0.1, -0.05) is 0 Å². The molecule has 170 valence electrons. The molecule has 4 heterocycles. The number of β-amino-alcohol motifs (C(OH)–C–C–N with tert-alkyl or cyclic N) is 1. The van der Waals surface area contributed by atoms with Crippen LogP contribution in [0.3, 0.4) is 0 Å². The molecule has 0 aliphatic carbocycles. The number of sulfonamides is 1. The van der Waals surface area contributed by atoms with Gasteiger partial charge in [0.2, 0.25) is 16.0 Å². The van der Waals surface area contributed by atoms with Crippen molar-refractivity contribution in [2.75, 3.05) is 42.6 Å². The maximum Gasteiger partial charge on any atom is 0.238 e. The summed E-state index contributed by atoms with van der Waals surface area (Å²) in [6.07, 6.45) is 8.74. The molecule has 11 heteroatoms. The summed E-state index contributed by atoms with van der Waals surface area (Å²) in [7, 11) is -1.83. The van der Waals surface area contributed by atoms with E-state index in [2.05, 4.69) is 20.3 Å². The Morgan fingerprint density at radius 1 is 1.31 bits per heavy atom. The summed E-state index contributed by atoms with van der Waals surface area (Å²) in [6, 6.07) is 5.63. The lowest BCUT2D eigenvalue weighted by Gasteiger charge is -2.36. The van der Waals surface area contributed by atoms with Crippen LogP contribution in [0.4, 0.5) is 11.4 Å². The van der Waals surface area contributed by atoms with Crippen molar-refractivity contribution in [1.82, 2.24) is 19.6 Å². The summed E-state index contributed by atoms with van der Waals surface area (Å²) >= 11 is 0. The Hall–Kier alpha value is -2.89. The molecule has 0 radical (unpaired) electrons. The standard InChI is InChI=1S/C21H27N7O3S/c1-25-20(27-12-15(10-24-27)11-26-13-18(29)14-26)6-8-23-21(25)28(32(2,30)31)17-3-4-19-16(9-17)5-7-22-19/h3-4,6,8-10,12,18,20,22,29H,5,7,11,13-14H2,1-2H3. The lowest BCUT2D eigenvalue weighted by Crippen LogP contribution is -2.49. The van der Waals surface area contributed by atoms with Crippen molar-refractivity contribution >= 4 is 27.4 Å². The second kappa shape index (κ2) is 7.91. The van der Waals surface area contributed by atoms with Gasteiger partial charge in [-0.2, -0.15) is 5.10 Å². The number of guanidine groups is 1. The van der Waals surface area contributed by atoms with Gasteiger partial charge >= 0.3 is 0 Å². The second-order valence-corrected chi connectivity index (χ2v) is 10.3. The average molecular weight is 458 g/mol. The third-order valence-electron chi connectivity index (χ3n) is 5.98. The SMILES string of the molecule is CN1C(N(c2ccc3c(c2)CCN3)S(C)(=O)=O)=NC=CC1n1cc(CN2CC(O)C2)cn1. The first kappa shape index (κ1) is 21.0. The molecule has 2 N–H and O–H groups in total. The number of benzene rings is 1. The number of aliphatic hydroxyl groups is 1. The molecule has 0 bridgehead atoms. The van der Waals surface area contributed by atoms with Crippen molar-refractivity contribution in [3.63, 3.8) is 0 Å². The molecule has 1 unspecified atom stereocenters. The molecular formula is C21H27N7O3S. The third kappa shape index (κ3) is 3.87. The van der Waals surface area contributed by atoms with Gasteiger partial charge in [0.15, 0.2) is 0 Å². The van der Waals surface area contributed by atoms with Crippen LogP contribution in [0, 0.1) is 0 Å².